The number of nitrogens with one attached hydrogen (secondary N) is 1. The molecule has 0 bridgehead atoms. The molecule has 0 aromatic carbocycles. The Morgan fingerprint density at radius 1 is 1.36 bits per heavy atom. The first-order valence-corrected chi connectivity index (χ1v) is 4.05. The SMILES string of the molecule is O=c1cccc(C2CCC2)[nH]1. The third-order valence-electron chi connectivity index (χ3n) is 2.34. The van der Waals surface area contributed by atoms with Crippen LogP contribution in [0.25, 0.3) is 0 Å². The summed E-state index contributed by atoms with van der Waals surface area (Å²) in [6.07, 6.45) is 3.78. The molecule has 0 aliphatic heterocycles. The third kappa shape index (κ3) is 1.20. The lowest BCUT2D eigenvalue weighted by molar-refractivity contribution is 0.410. The van der Waals surface area contributed by atoms with Crippen molar-refractivity contribution in [2.75, 3.05) is 0 Å². The highest BCUT2D eigenvalue weighted by atomic mass is 16.1. The zero-order chi connectivity index (χ0) is 7.68. The fourth-order valence-corrected chi connectivity index (χ4v) is 1.42. The van der Waals surface area contributed by atoms with Crippen molar-refractivity contribution >= 4 is 0 Å². The number of aromatic amines is 1. The Balaban J connectivity index is 2.30. The van der Waals surface area contributed by atoms with E-state index in [9.17, 15) is 4.79 Å². The van der Waals surface area contributed by atoms with Crippen LogP contribution in [0.4, 0.5) is 0 Å². The van der Waals surface area contributed by atoms with Gasteiger partial charge in [-0.05, 0) is 24.8 Å². The average molecular weight is 149 g/mol. The smallest absolute Gasteiger partial charge is 0.248 e. The monoisotopic (exact) mass is 149 g/mol. The van der Waals surface area contributed by atoms with E-state index in [-0.39, 0.29) is 5.56 Å². The summed E-state index contributed by atoms with van der Waals surface area (Å²) in [6.45, 7) is 0. The van der Waals surface area contributed by atoms with Gasteiger partial charge in [0.15, 0.2) is 0 Å². The van der Waals surface area contributed by atoms with E-state index < -0.39 is 0 Å². The van der Waals surface area contributed by atoms with Crippen LogP contribution in [0.5, 0.6) is 0 Å². The summed E-state index contributed by atoms with van der Waals surface area (Å²) in [6, 6.07) is 5.39. The topological polar surface area (TPSA) is 32.9 Å². The Hall–Kier alpha value is -1.05. The predicted octanol–water partition coefficient (Wildman–Crippen LogP) is 1.64. The van der Waals surface area contributed by atoms with Crippen molar-refractivity contribution in [3.63, 3.8) is 0 Å². The van der Waals surface area contributed by atoms with Crippen LogP contribution in [-0.4, -0.2) is 4.98 Å². The summed E-state index contributed by atoms with van der Waals surface area (Å²) < 4.78 is 0. The molecule has 0 atom stereocenters. The molecular formula is C9H11NO. The van der Waals surface area contributed by atoms with Gasteiger partial charge in [-0.25, -0.2) is 0 Å². The molecule has 2 heteroatoms. The molecule has 11 heavy (non-hydrogen) atoms. The summed E-state index contributed by atoms with van der Waals surface area (Å²) in [5.74, 6) is 0.629. The van der Waals surface area contributed by atoms with Crippen LogP contribution in [0.3, 0.4) is 0 Å². The number of aromatic nitrogens is 1. The first kappa shape index (κ1) is 6.65. The molecule has 0 unspecified atom stereocenters. The minimum Gasteiger partial charge on any atom is -0.326 e. The van der Waals surface area contributed by atoms with Crippen molar-refractivity contribution in [2.45, 2.75) is 25.2 Å². The van der Waals surface area contributed by atoms with E-state index in [1.807, 2.05) is 12.1 Å². The summed E-state index contributed by atoms with van der Waals surface area (Å²) in [7, 11) is 0. The van der Waals surface area contributed by atoms with Crippen molar-refractivity contribution in [3.05, 3.63) is 34.2 Å². The summed E-state index contributed by atoms with van der Waals surface area (Å²) in [4.78, 5) is 13.7. The van der Waals surface area contributed by atoms with Gasteiger partial charge in [-0.1, -0.05) is 12.5 Å². The molecule has 1 aliphatic rings. The number of H-pyrrole nitrogens is 1. The molecule has 2 rings (SSSR count). The molecule has 1 heterocycles. The van der Waals surface area contributed by atoms with Crippen molar-refractivity contribution in [1.29, 1.82) is 0 Å². The lowest BCUT2D eigenvalue weighted by atomic mass is 9.83. The van der Waals surface area contributed by atoms with Crippen LogP contribution < -0.4 is 5.56 Å². The molecule has 1 aromatic rings. The van der Waals surface area contributed by atoms with E-state index in [2.05, 4.69) is 4.98 Å². The molecule has 1 fully saturated rings. The second kappa shape index (κ2) is 2.53. The third-order valence-corrected chi connectivity index (χ3v) is 2.34. The number of pyridine rings is 1. The molecule has 1 aromatic heterocycles. The van der Waals surface area contributed by atoms with Crippen molar-refractivity contribution in [3.8, 4) is 0 Å². The van der Waals surface area contributed by atoms with Gasteiger partial charge in [0.1, 0.15) is 0 Å². The van der Waals surface area contributed by atoms with Gasteiger partial charge in [-0.3, -0.25) is 4.79 Å². The largest absolute Gasteiger partial charge is 0.326 e. The first-order valence-electron chi connectivity index (χ1n) is 4.05. The number of hydrogen-bond acceptors (Lipinski definition) is 1. The van der Waals surface area contributed by atoms with Gasteiger partial charge in [0.05, 0.1) is 0 Å². The molecule has 0 saturated heterocycles. The Morgan fingerprint density at radius 2 is 2.18 bits per heavy atom. The van der Waals surface area contributed by atoms with Gasteiger partial charge in [0.2, 0.25) is 5.56 Å². The molecule has 2 nitrogen and oxygen atoms in total. The zero-order valence-electron chi connectivity index (χ0n) is 6.34. The molecular weight excluding hydrogens is 138 g/mol. The molecule has 58 valence electrons. The molecule has 1 saturated carbocycles. The quantitative estimate of drug-likeness (QED) is 0.647. The maximum Gasteiger partial charge on any atom is 0.248 e. The van der Waals surface area contributed by atoms with Gasteiger partial charge in [0.25, 0.3) is 0 Å². The highest BCUT2D eigenvalue weighted by molar-refractivity contribution is 5.11. The standard InChI is InChI=1S/C9H11NO/c11-9-6-2-5-8(10-9)7-3-1-4-7/h2,5-7H,1,3-4H2,(H,10,11). The van der Waals surface area contributed by atoms with Crippen LogP contribution >= 0.6 is 0 Å². The zero-order valence-corrected chi connectivity index (χ0v) is 6.34. The molecule has 1 aliphatic carbocycles. The normalized spacial score (nSPS) is 17.8. The van der Waals surface area contributed by atoms with Gasteiger partial charge < -0.3 is 4.98 Å². The van der Waals surface area contributed by atoms with Crippen LogP contribution in [0.15, 0.2) is 23.0 Å². The van der Waals surface area contributed by atoms with E-state index in [1.54, 1.807) is 6.07 Å². The number of hydrogen-bond donors (Lipinski definition) is 1. The first-order chi connectivity index (χ1) is 5.36. The lowest BCUT2D eigenvalue weighted by Crippen LogP contribution is -2.15. The van der Waals surface area contributed by atoms with Gasteiger partial charge in [-0.2, -0.15) is 0 Å². The molecule has 0 spiro atoms. The van der Waals surface area contributed by atoms with Crippen LogP contribution in [0, 0.1) is 0 Å². The summed E-state index contributed by atoms with van der Waals surface area (Å²) in [5.41, 5.74) is 1.14. The van der Waals surface area contributed by atoms with Crippen molar-refractivity contribution in [2.24, 2.45) is 0 Å². The highest BCUT2D eigenvalue weighted by Gasteiger charge is 2.19. The Labute approximate surface area is 65.3 Å². The Kier molecular flexibility index (Phi) is 1.53. The second-order valence-electron chi connectivity index (χ2n) is 3.10. The summed E-state index contributed by atoms with van der Waals surface area (Å²) in [5, 5.41) is 0. The van der Waals surface area contributed by atoms with Gasteiger partial charge in [-0.15, -0.1) is 0 Å². The van der Waals surface area contributed by atoms with E-state index in [1.165, 1.54) is 19.3 Å². The maximum absolute atomic E-state index is 10.9. The van der Waals surface area contributed by atoms with Crippen LogP contribution in [-0.2, 0) is 0 Å². The van der Waals surface area contributed by atoms with E-state index in [0.29, 0.717) is 5.92 Å². The summed E-state index contributed by atoms with van der Waals surface area (Å²) >= 11 is 0. The van der Waals surface area contributed by atoms with E-state index in [4.69, 9.17) is 0 Å². The highest BCUT2D eigenvalue weighted by Crippen LogP contribution is 2.34. The van der Waals surface area contributed by atoms with Crippen molar-refractivity contribution < 1.29 is 0 Å². The second-order valence-corrected chi connectivity index (χ2v) is 3.10. The fourth-order valence-electron chi connectivity index (χ4n) is 1.42. The molecule has 0 radical (unpaired) electrons. The molecule has 0 amide bonds. The average Bonchev–Trinajstić information content (AvgIpc) is 1.83. The Bertz CT molecular complexity index is 298. The maximum atomic E-state index is 10.9. The fraction of sp³-hybridized carbons (Fsp3) is 0.444. The predicted molar refractivity (Wildman–Crippen MR) is 43.7 cm³/mol. The Morgan fingerprint density at radius 3 is 2.73 bits per heavy atom. The minimum absolute atomic E-state index is 0.0226. The van der Waals surface area contributed by atoms with Gasteiger partial charge >= 0.3 is 0 Å². The van der Waals surface area contributed by atoms with E-state index >= 15 is 0 Å². The van der Waals surface area contributed by atoms with Crippen molar-refractivity contribution in [1.82, 2.24) is 4.98 Å². The minimum atomic E-state index is 0.0226. The molecule has 1 N–H and O–H groups in total. The van der Waals surface area contributed by atoms with E-state index in [0.717, 1.165) is 5.69 Å². The van der Waals surface area contributed by atoms with Crippen LogP contribution in [0.1, 0.15) is 30.9 Å². The van der Waals surface area contributed by atoms with Gasteiger partial charge in [0, 0.05) is 11.8 Å². The number of rotatable bonds is 1. The lowest BCUT2D eigenvalue weighted by Gasteiger charge is -2.24. The van der Waals surface area contributed by atoms with Crippen LogP contribution in [0.2, 0.25) is 0 Å².